The molecule has 12 heteroatoms. The predicted molar refractivity (Wildman–Crippen MR) is 115 cm³/mol. The van der Waals surface area contributed by atoms with Crippen molar-refractivity contribution in [2.75, 3.05) is 0 Å². The number of hydrogen-bond donors (Lipinski definition) is 1. The number of benzene rings is 2. The van der Waals surface area contributed by atoms with Crippen LogP contribution in [0.25, 0.3) is 16.7 Å². The highest BCUT2D eigenvalue weighted by Crippen LogP contribution is 2.34. The van der Waals surface area contributed by atoms with Crippen LogP contribution >= 0.6 is 0 Å². The van der Waals surface area contributed by atoms with Gasteiger partial charge in [-0.05, 0) is 49.7 Å². The molecule has 0 saturated heterocycles. The highest BCUT2D eigenvalue weighted by Gasteiger charge is 2.38. The minimum Gasteiger partial charge on any atom is -0.350 e. The van der Waals surface area contributed by atoms with E-state index in [4.69, 9.17) is 0 Å². The van der Waals surface area contributed by atoms with Crippen molar-refractivity contribution in [1.29, 1.82) is 0 Å². The van der Waals surface area contributed by atoms with Crippen LogP contribution in [0.1, 0.15) is 28.3 Å². The number of imidazole rings is 1. The van der Waals surface area contributed by atoms with Crippen molar-refractivity contribution in [1.82, 2.24) is 24.6 Å². The first-order valence-electron chi connectivity index (χ1n) is 10.4. The van der Waals surface area contributed by atoms with Gasteiger partial charge in [-0.25, -0.2) is 9.67 Å². The Morgan fingerprint density at radius 1 is 0.971 bits per heavy atom. The molecule has 184 valence electrons. The number of para-hydroxylation sites is 2. The summed E-state index contributed by atoms with van der Waals surface area (Å²) in [7, 11) is 0. The summed E-state index contributed by atoms with van der Waals surface area (Å²) in [6.07, 6.45) is -9.54. The minimum atomic E-state index is -4.82. The van der Waals surface area contributed by atoms with Crippen molar-refractivity contribution < 1.29 is 31.1 Å². The highest BCUT2D eigenvalue weighted by atomic mass is 19.4. The Bertz CT molecular complexity index is 1400. The number of amides is 1. The van der Waals surface area contributed by atoms with Crippen LogP contribution in [-0.4, -0.2) is 25.2 Å². The van der Waals surface area contributed by atoms with E-state index in [9.17, 15) is 31.1 Å². The maximum absolute atomic E-state index is 13.8. The molecule has 0 spiro atoms. The topological polar surface area (TPSA) is 64.7 Å². The van der Waals surface area contributed by atoms with Gasteiger partial charge < -0.3 is 9.88 Å². The number of nitrogens with one attached hydrogen (secondary N) is 1. The molecule has 2 aromatic heterocycles. The zero-order chi connectivity index (χ0) is 25.5. The summed E-state index contributed by atoms with van der Waals surface area (Å²) in [6, 6.07) is 11.0. The molecule has 0 fully saturated rings. The first-order chi connectivity index (χ1) is 16.3. The maximum Gasteiger partial charge on any atom is 0.449 e. The standard InChI is InChI=1S/C23H19F6N5O/c1-13-9-14(2)34(32-13)16-8-7-15(17(10-16)22(24,25)26)11-30-20(35)12-33-19-6-4-3-5-18(19)31-21(33)23(27,28)29/h3-10H,11-12H2,1-2H3,(H,30,35). The van der Waals surface area contributed by atoms with E-state index in [1.807, 2.05) is 0 Å². The number of aryl methyl sites for hydroxylation is 2. The lowest BCUT2D eigenvalue weighted by Crippen LogP contribution is -2.30. The van der Waals surface area contributed by atoms with Crippen molar-refractivity contribution in [3.63, 3.8) is 0 Å². The highest BCUT2D eigenvalue weighted by molar-refractivity contribution is 5.81. The fourth-order valence-corrected chi connectivity index (χ4v) is 3.85. The van der Waals surface area contributed by atoms with Gasteiger partial charge in [0.2, 0.25) is 11.7 Å². The summed E-state index contributed by atoms with van der Waals surface area (Å²) in [5.74, 6) is -2.16. The maximum atomic E-state index is 13.8. The summed E-state index contributed by atoms with van der Waals surface area (Å²) in [6.45, 7) is 2.13. The second-order valence-corrected chi connectivity index (χ2v) is 7.96. The van der Waals surface area contributed by atoms with Crippen LogP contribution in [-0.2, 0) is 30.2 Å². The number of fused-ring (bicyclic) bond motifs is 1. The smallest absolute Gasteiger partial charge is 0.350 e. The van der Waals surface area contributed by atoms with Crippen LogP contribution in [0.15, 0.2) is 48.5 Å². The third-order valence-corrected chi connectivity index (χ3v) is 5.34. The molecule has 1 N–H and O–H groups in total. The Balaban J connectivity index is 1.58. The van der Waals surface area contributed by atoms with E-state index < -0.39 is 42.7 Å². The third kappa shape index (κ3) is 5.00. The van der Waals surface area contributed by atoms with E-state index in [0.717, 1.165) is 6.07 Å². The molecule has 0 radical (unpaired) electrons. The van der Waals surface area contributed by atoms with Gasteiger partial charge in [-0.3, -0.25) is 4.79 Å². The SMILES string of the molecule is Cc1cc(C)n(-c2ccc(CNC(=O)Cn3c(C(F)(F)F)nc4ccccc43)c(C(F)(F)F)c2)n1. The van der Waals surface area contributed by atoms with Crippen LogP contribution in [0.2, 0.25) is 0 Å². The largest absolute Gasteiger partial charge is 0.449 e. The molecule has 0 aliphatic rings. The molecule has 0 atom stereocenters. The van der Waals surface area contributed by atoms with Crippen molar-refractivity contribution in [3.05, 3.63) is 76.9 Å². The number of alkyl halides is 6. The molecule has 0 saturated carbocycles. The second-order valence-electron chi connectivity index (χ2n) is 7.96. The van der Waals surface area contributed by atoms with E-state index in [0.29, 0.717) is 16.0 Å². The zero-order valence-electron chi connectivity index (χ0n) is 18.5. The van der Waals surface area contributed by atoms with E-state index in [1.165, 1.54) is 41.1 Å². The second kappa shape index (κ2) is 8.75. The Hall–Kier alpha value is -3.83. The van der Waals surface area contributed by atoms with Gasteiger partial charge in [0.1, 0.15) is 6.54 Å². The third-order valence-electron chi connectivity index (χ3n) is 5.34. The lowest BCUT2D eigenvalue weighted by atomic mass is 10.1. The zero-order valence-corrected chi connectivity index (χ0v) is 18.5. The molecule has 4 rings (SSSR count). The molecule has 2 aromatic carbocycles. The summed E-state index contributed by atoms with van der Waals surface area (Å²) in [4.78, 5) is 16.0. The van der Waals surface area contributed by atoms with Gasteiger partial charge in [-0.2, -0.15) is 31.4 Å². The van der Waals surface area contributed by atoms with E-state index in [-0.39, 0.29) is 22.3 Å². The molecule has 0 unspecified atom stereocenters. The Labute approximate surface area is 195 Å². The summed E-state index contributed by atoms with van der Waals surface area (Å²) in [5.41, 5.74) is 0.390. The van der Waals surface area contributed by atoms with Crippen molar-refractivity contribution in [2.45, 2.75) is 39.3 Å². The average Bonchev–Trinajstić information content (AvgIpc) is 3.31. The number of carbonyl (C=O) groups excluding carboxylic acids is 1. The van der Waals surface area contributed by atoms with Gasteiger partial charge >= 0.3 is 12.4 Å². The van der Waals surface area contributed by atoms with Crippen molar-refractivity contribution >= 4 is 16.9 Å². The molecule has 0 aliphatic carbocycles. The van der Waals surface area contributed by atoms with E-state index >= 15 is 0 Å². The predicted octanol–water partition coefficient (Wildman–Crippen LogP) is 5.19. The first-order valence-corrected chi connectivity index (χ1v) is 10.4. The van der Waals surface area contributed by atoms with Gasteiger partial charge in [0.25, 0.3) is 0 Å². The Kier molecular flexibility index (Phi) is 6.07. The van der Waals surface area contributed by atoms with Crippen molar-refractivity contribution in [2.24, 2.45) is 0 Å². The van der Waals surface area contributed by atoms with Crippen LogP contribution in [0.5, 0.6) is 0 Å². The molecule has 2 heterocycles. The lowest BCUT2D eigenvalue weighted by molar-refractivity contribution is -0.147. The molecule has 0 bridgehead atoms. The normalized spacial score (nSPS) is 12.3. The number of hydrogen-bond acceptors (Lipinski definition) is 3. The van der Waals surface area contributed by atoms with Crippen LogP contribution in [0.3, 0.4) is 0 Å². The van der Waals surface area contributed by atoms with Crippen LogP contribution < -0.4 is 5.32 Å². The van der Waals surface area contributed by atoms with Gasteiger partial charge in [0.05, 0.1) is 28.0 Å². The minimum absolute atomic E-state index is 0.0479. The number of rotatable bonds is 5. The molecule has 1 amide bonds. The summed E-state index contributed by atoms with van der Waals surface area (Å²) in [5, 5.41) is 6.47. The molecular weight excluding hydrogens is 476 g/mol. The molecule has 0 aliphatic heterocycles. The van der Waals surface area contributed by atoms with Gasteiger partial charge in [-0.1, -0.05) is 18.2 Å². The summed E-state index contributed by atoms with van der Waals surface area (Å²) < 4.78 is 83.6. The fourth-order valence-electron chi connectivity index (χ4n) is 3.85. The van der Waals surface area contributed by atoms with Crippen molar-refractivity contribution in [3.8, 4) is 5.69 Å². The Morgan fingerprint density at radius 3 is 2.31 bits per heavy atom. The molecule has 4 aromatic rings. The quantitative estimate of drug-likeness (QED) is 0.388. The number of halogens is 6. The number of carbonyl (C=O) groups is 1. The summed E-state index contributed by atoms with van der Waals surface area (Å²) >= 11 is 0. The average molecular weight is 495 g/mol. The van der Waals surface area contributed by atoms with Gasteiger partial charge in [0.15, 0.2) is 0 Å². The number of nitrogens with zero attached hydrogens (tertiary/aromatic N) is 4. The van der Waals surface area contributed by atoms with Crippen LogP contribution in [0, 0.1) is 13.8 Å². The van der Waals surface area contributed by atoms with Gasteiger partial charge in [0, 0.05) is 12.2 Å². The van der Waals surface area contributed by atoms with E-state index in [1.54, 1.807) is 19.9 Å². The molecule has 6 nitrogen and oxygen atoms in total. The molecule has 35 heavy (non-hydrogen) atoms. The first kappa shape index (κ1) is 24.3. The van der Waals surface area contributed by atoms with Crippen LogP contribution in [0.4, 0.5) is 26.3 Å². The lowest BCUT2D eigenvalue weighted by Gasteiger charge is -2.16. The van der Waals surface area contributed by atoms with Gasteiger partial charge in [-0.15, -0.1) is 0 Å². The Morgan fingerprint density at radius 2 is 1.69 bits per heavy atom. The fraction of sp³-hybridized carbons (Fsp3) is 0.261. The number of aromatic nitrogens is 4. The van der Waals surface area contributed by atoms with E-state index in [2.05, 4.69) is 15.4 Å². The monoisotopic (exact) mass is 495 g/mol. The molecular formula is C23H19F6N5O.